The Morgan fingerprint density at radius 2 is 1.96 bits per heavy atom. The molecule has 1 aliphatic carbocycles. The van der Waals surface area contributed by atoms with Gasteiger partial charge >= 0.3 is 6.09 Å². The lowest BCUT2D eigenvalue weighted by Gasteiger charge is -2.25. The molecule has 1 aromatic rings. The molecule has 1 aromatic carbocycles. The van der Waals surface area contributed by atoms with Gasteiger partial charge in [-0.3, -0.25) is 5.32 Å². The lowest BCUT2D eigenvalue weighted by molar-refractivity contribution is 0.0635. The fourth-order valence-electron chi connectivity index (χ4n) is 3.20. The van der Waals surface area contributed by atoms with Crippen molar-refractivity contribution in [2.24, 2.45) is 11.1 Å². The van der Waals surface area contributed by atoms with Crippen molar-refractivity contribution in [3.05, 3.63) is 23.8 Å². The molecule has 0 saturated heterocycles. The van der Waals surface area contributed by atoms with Crippen LogP contribution in [0, 0.1) is 5.41 Å². The lowest BCUT2D eigenvalue weighted by atomic mass is 9.86. The van der Waals surface area contributed by atoms with Gasteiger partial charge in [-0.1, -0.05) is 13.8 Å². The van der Waals surface area contributed by atoms with E-state index in [0.29, 0.717) is 6.54 Å². The number of methoxy groups -OCH3 is 1. The second-order valence-corrected chi connectivity index (χ2v) is 7.89. The minimum Gasteiger partial charge on any atom is -0.497 e. The summed E-state index contributed by atoms with van der Waals surface area (Å²) < 4.78 is 10.7. The molecule has 5 heteroatoms. The average Bonchev–Trinajstić information content (AvgIpc) is 3.00. The highest BCUT2D eigenvalue weighted by Gasteiger charge is 2.61. The first-order valence-corrected chi connectivity index (χ1v) is 7.93. The van der Waals surface area contributed by atoms with Crippen LogP contribution >= 0.6 is 0 Å². The molecule has 0 bridgehead atoms. The Kier molecular flexibility index (Phi) is 4.37. The van der Waals surface area contributed by atoms with Crippen molar-refractivity contribution in [3.63, 3.8) is 0 Å². The Balaban J connectivity index is 2.36. The van der Waals surface area contributed by atoms with Gasteiger partial charge in [0.05, 0.1) is 7.11 Å². The van der Waals surface area contributed by atoms with E-state index in [2.05, 4.69) is 19.2 Å². The van der Waals surface area contributed by atoms with Crippen LogP contribution in [-0.4, -0.2) is 25.3 Å². The quantitative estimate of drug-likeness (QED) is 0.887. The predicted molar refractivity (Wildman–Crippen MR) is 92.0 cm³/mol. The summed E-state index contributed by atoms with van der Waals surface area (Å²) in [5.74, 6) is 0.755. The molecule has 1 saturated carbocycles. The second kappa shape index (κ2) is 5.71. The van der Waals surface area contributed by atoms with Crippen molar-refractivity contribution in [2.75, 3.05) is 19.0 Å². The van der Waals surface area contributed by atoms with E-state index < -0.39 is 11.7 Å². The number of nitrogens with one attached hydrogen (secondary N) is 1. The van der Waals surface area contributed by atoms with Crippen molar-refractivity contribution < 1.29 is 14.3 Å². The van der Waals surface area contributed by atoms with E-state index in [1.54, 1.807) is 7.11 Å². The van der Waals surface area contributed by atoms with Gasteiger partial charge in [-0.15, -0.1) is 0 Å². The number of carbonyl (C=O) groups excluding carboxylic acids is 1. The minimum absolute atomic E-state index is 0.0957. The van der Waals surface area contributed by atoms with E-state index in [9.17, 15) is 4.79 Å². The maximum absolute atomic E-state index is 12.1. The van der Waals surface area contributed by atoms with Gasteiger partial charge in [0.15, 0.2) is 0 Å². The van der Waals surface area contributed by atoms with Crippen molar-refractivity contribution in [1.82, 2.24) is 0 Å². The topological polar surface area (TPSA) is 73.6 Å². The number of carbonyl (C=O) groups is 1. The van der Waals surface area contributed by atoms with Gasteiger partial charge in [0.2, 0.25) is 0 Å². The highest BCUT2D eigenvalue weighted by Crippen LogP contribution is 2.65. The van der Waals surface area contributed by atoms with Crippen LogP contribution in [0.3, 0.4) is 0 Å². The van der Waals surface area contributed by atoms with E-state index >= 15 is 0 Å². The lowest BCUT2D eigenvalue weighted by Crippen LogP contribution is -2.30. The molecule has 5 nitrogen and oxygen atoms in total. The molecule has 1 amide bonds. The van der Waals surface area contributed by atoms with Crippen LogP contribution in [0.4, 0.5) is 10.5 Å². The van der Waals surface area contributed by atoms with Crippen LogP contribution in [0.25, 0.3) is 0 Å². The number of nitrogens with two attached hydrogens (primary N) is 1. The summed E-state index contributed by atoms with van der Waals surface area (Å²) in [5.41, 5.74) is 7.23. The summed E-state index contributed by atoms with van der Waals surface area (Å²) in [4.78, 5) is 12.1. The molecule has 1 fully saturated rings. The van der Waals surface area contributed by atoms with Gasteiger partial charge in [0.1, 0.15) is 11.4 Å². The highest BCUT2D eigenvalue weighted by molar-refractivity contribution is 5.87. The van der Waals surface area contributed by atoms with Gasteiger partial charge in [-0.25, -0.2) is 4.79 Å². The fourth-order valence-corrected chi connectivity index (χ4v) is 3.20. The Labute approximate surface area is 138 Å². The predicted octanol–water partition coefficient (Wildman–Crippen LogP) is 3.67. The van der Waals surface area contributed by atoms with Crippen LogP contribution in [-0.2, 0) is 10.2 Å². The zero-order valence-electron chi connectivity index (χ0n) is 14.9. The first-order valence-electron chi connectivity index (χ1n) is 7.93. The number of rotatable bonds is 4. The highest BCUT2D eigenvalue weighted by atomic mass is 16.6. The van der Waals surface area contributed by atoms with Crippen molar-refractivity contribution in [2.45, 2.75) is 52.1 Å². The molecule has 128 valence electrons. The van der Waals surface area contributed by atoms with E-state index in [1.807, 2.05) is 39.0 Å². The Morgan fingerprint density at radius 1 is 1.35 bits per heavy atom. The van der Waals surface area contributed by atoms with Crippen molar-refractivity contribution in [1.29, 1.82) is 0 Å². The minimum atomic E-state index is -0.541. The summed E-state index contributed by atoms with van der Waals surface area (Å²) >= 11 is 0. The molecule has 23 heavy (non-hydrogen) atoms. The maximum Gasteiger partial charge on any atom is 0.412 e. The largest absolute Gasteiger partial charge is 0.497 e. The average molecular weight is 320 g/mol. The molecule has 0 aliphatic heterocycles. The monoisotopic (exact) mass is 320 g/mol. The molecule has 0 heterocycles. The summed E-state index contributed by atoms with van der Waals surface area (Å²) in [5, 5.41) is 2.86. The third-order valence-corrected chi connectivity index (χ3v) is 4.64. The molecule has 0 radical (unpaired) electrons. The number of benzene rings is 1. The van der Waals surface area contributed by atoms with Gasteiger partial charge < -0.3 is 15.2 Å². The first-order chi connectivity index (χ1) is 10.5. The number of hydrogen-bond acceptors (Lipinski definition) is 4. The maximum atomic E-state index is 12.1. The molecule has 3 N–H and O–H groups in total. The number of amides is 1. The van der Waals surface area contributed by atoms with Gasteiger partial charge in [-0.05, 0) is 56.4 Å². The number of anilines is 1. The van der Waals surface area contributed by atoms with E-state index in [4.69, 9.17) is 15.2 Å². The molecule has 0 aromatic heterocycles. The molecule has 1 unspecified atom stereocenters. The zero-order valence-corrected chi connectivity index (χ0v) is 14.9. The van der Waals surface area contributed by atoms with Crippen LogP contribution in [0.15, 0.2) is 18.2 Å². The van der Waals surface area contributed by atoms with Crippen LogP contribution in [0.5, 0.6) is 5.75 Å². The van der Waals surface area contributed by atoms with Crippen LogP contribution < -0.4 is 15.8 Å². The Morgan fingerprint density at radius 3 is 2.39 bits per heavy atom. The first kappa shape index (κ1) is 17.6. The molecule has 0 spiro atoms. The third kappa shape index (κ3) is 3.44. The van der Waals surface area contributed by atoms with E-state index in [0.717, 1.165) is 23.4 Å². The van der Waals surface area contributed by atoms with Gasteiger partial charge in [0, 0.05) is 17.6 Å². The molecule has 1 aliphatic rings. The summed E-state index contributed by atoms with van der Waals surface area (Å²) in [6.07, 6.45) is 0.515. The Hall–Kier alpha value is -1.75. The molecular weight excluding hydrogens is 292 g/mol. The molecular formula is C18H28N2O3. The summed E-state index contributed by atoms with van der Waals surface area (Å²) in [7, 11) is 1.63. The third-order valence-electron chi connectivity index (χ3n) is 4.64. The standard InChI is InChI=1S/C18H28N2O3/c1-16(2,3)23-15(21)20-14-8-7-12(22-6)9-13(14)18(11-19)10-17(18,4)5/h7-9H,10-11,19H2,1-6H3,(H,20,21). The van der Waals surface area contributed by atoms with E-state index in [1.165, 1.54) is 0 Å². The SMILES string of the molecule is COc1ccc(NC(=O)OC(C)(C)C)c(C2(CN)CC2(C)C)c1. The molecule has 2 rings (SSSR count). The summed E-state index contributed by atoms with van der Waals surface area (Å²) in [6, 6.07) is 5.65. The van der Waals surface area contributed by atoms with Crippen molar-refractivity contribution >= 4 is 11.8 Å². The van der Waals surface area contributed by atoms with E-state index in [-0.39, 0.29) is 10.8 Å². The molecule has 1 atom stereocenters. The number of hydrogen-bond donors (Lipinski definition) is 2. The second-order valence-electron chi connectivity index (χ2n) is 7.89. The fraction of sp³-hybridized carbons (Fsp3) is 0.611. The normalized spacial score (nSPS) is 22.4. The van der Waals surface area contributed by atoms with Gasteiger partial charge in [-0.2, -0.15) is 0 Å². The van der Waals surface area contributed by atoms with Crippen LogP contribution in [0.2, 0.25) is 0 Å². The Bertz CT molecular complexity index is 605. The smallest absolute Gasteiger partial charge is 0.412 e. The van der Waals surface area contributed by atoms with Gasteiger partial charge in [0.25, 0.3) is 0 Å². The zero-order chi connectivity index (χ0) is 17.5. The van der Waals surface area contributed by atoms with Crippen molar-refractivity contribution in [3.8, 4) is 5.75 Å². The summed E-state index contributed by atoms with van der Waals surface area (Å²) in [6.45, 7) is 10.4. The number of ether oxygens (including phenoxy) is 2. The van der Waals surface area contributed by atoms with Crippen LogP contribution in [0.1, 0.15) is 46.6 Å².